The fourth-order valence-corrected chi connectivity index (χ4v) is 4.00. The highest BCUT2D eigenvalue weighted by atomic mass is 79.9. The number of likely N-dealkylation sites (tertiary alicyclic amines) is 1. The van der Waals surface area contributed by atoms with Gasteiger partial charge in [0.05, 0.1) is 24.8 Å². The summed E-state index contributed by atoms with van der Waals surface area (Å²) in [6.07, 6.45) is 1.13. The molecule has 0 aliphatic carbocycles. The lowest BCUT2D eigenvalue weighted by Gasteiger charge is -2.22. The molecule has 3 rings (SSSR count). The lowest BCUT2D eigenvalue weighted by molar-refractivity contribution is 0.0906. The molecule has 2 aromatic carbocycles. The number of nitrogens with one attached hydrogen (secondary N) is 1. The number of benzene rings is 2. The Morgan fingerprint density at radius 3 is 2.75 bits per heavy atom. The first-order chi connectivity index (χ1) is 13.7. The van der Waals surface area contributed by atoms with Gasteiger partial charge in [0.1, 0.15) is 5.75 Å². The van der Waals surface area contributed by atoms with E-state index in [0.717, 1.165) is 48.8 Å². The molecule has 1 aliphatic rings. The van der Waals surface area contributed by atoms with Crippen LogP contribution >= 0.6 is 15.9 Å². The Labute approximate surface area is 175 Å². The monoisotopic (exact) mass is 445 g/mol. The van der Waals surface area contributed by atoms with Crippen LogP contribution in [0.25, 0.3) is 0 Å². The molecule has 6 heteroatoms. The van der Waals surface area contributed by atoms with Gasteiger partial charge in [-0.05, 0) is 45.6 Å². The Kier molecular flexibility index (Phi) is 7.74. The molecule has 0 radical (unpaired) electrons. The molecule has 1 N–H and O–H groups in total. The van der Waals surface area contributed by atoms with E-state index in [1.165, 1.54) is 11.1 Å². The summed E-state index contributed by atoms with van der Waals surface area (Å²) in [7, 11) is 3.51. The van der Waals surface area contributed by atoms with Gasteiger partial charge in [-0.15, -0.1) is 0 Å². The lowest BCUT2D eigenvalue weighted by atomic mass is 10.1. The van der Waals surface area contributed by atoms with E-state index in [9.17, 15) is 0 Å². The van der Waals surface area contributed by atoms with Gasteiger partial charge in [0.25, 0.3) is 0 Å². The van der Waals surface area contributed by atoms with Gasteiger partial charge < -0.3 is 19.7 Å². The fourth-order valence-electron chi connectivity index (χ4n) is 3.41. The number of halogens is 1. The van der Waals surface area contributed by atoms with E-state index in [-0.39, 0.29) is 0 Å². The van der Waals surface area contributed by atoms with Gasteiger partial charge in [-0.1, -0.05) is 36.4 Å². The first kappa shape index (κ1) is 20.7. The van der Waals surface area contributed by atoms with Gasteiger partial charge in [-0.3, -0.25) is 4.99 Å². The van der Waals surface area contributed by atoms with Crippen molar-refractivity contribution in [2.24, 2.45) is 10.9 Å². The van der Waals surface area contributed by atoms with Crippen molar-refractivity contribution in [3.8, 4) is 5.75 Å². The number of hydrogen-bond donors (Lipinski definition) is 1. The standard InChI is InChI=1S/C22H28BrN3O2/c1-24-22(25-13-18-8-9-21(27-2)20(23)12-18)26-11-10-19(14-26)16-28-15-17-6-4-3-5-7-17/h3-9,12,19H,10-11,13-16H2,1-2H3,(H,24,25). The molecule has 2 aromatic rings. The normalized spacial score (nSPS) is 17.0. The van der Waals surface area contributed by atoms with Gasteiger partial charge in [0, 0.05) is 32.6 Å². The minimum absolute atomic E-state index is 0.539. The summed E-state index contributed by atoms with van der Waals surface area (Å²) in [5, 5.41) is 3.47. The number of nitrogens with zero attached hydrogens (tertiary/aromatic N) is 2. The average molecular weight is 446 g/mol. The van der Waals surface area contributed by atoms with Gasteiger partial charge >= 0.3 is 0 Å². The molecule has 1 heterocycles. The molecule has 0 amide bonds. The largest absolute Gasteiger partial charge is 0.496 e. The predicted molar refractivity (Wildman–Crippen MR) is 117 cm³/mol. The van der Waals surface area contributed by atoms with Crippen molar-refractivity contribution in [1.29, 1.82) is 0 Å². The Hall–Kier alpha value is -2.05. The van der Waals surface area contributed by atoms with Gasteiger partial charge in [0.2, 0.25) is 0 Å². The molecule has 28 heavy (non-hydrogen) atoms. The topological polar surface area (TPSA) is 46.1 Å². The summed E-state index contributed by atoms with van der Waals surface area (Å²) in [5.41, 5.74) is 2.40. The quantitative estimate of drug-likeness (QED) is 0.515. The van der Waals surface area contributed by atoms with E-state index >= 15 is 0 Å². The van der Waals surface area contributed by atoms with Gasteiger partial charge in [-0.2, -0.15) is 0 Å². The van der Waals surface area contributed by atoms with Crippen LogP contribution < -0.4 is 10.1 Å². The van der Waals surface area contributed by atoms with Crippen LogP contribution in [0.3, 0.4) is 0 Å². The summed E-state index contributed by atoms with van der Waals surface area (Å²) in [6.45, 7) is 4.16. The van der Waals surface area contributed by atoms with Crippen LogP contribution in [0.4, 0.5) is 0 Å². The van der Waals surface area contributed by atoms with Crippen LogP contribution in [0.2, 0.25) is 0 Å². The second-order valence-corrected chi connectivity index (χ2v) is 7.83. The van der Waals surface area contributed by atoms with Crippen LogP contribution in [-0.2, 0) is 17.9 Å². The molecule has 150 valence electrons. The zero-order valence-corrected chi connectivity index (χ0v) is 18.1. The average Bonchev–Trinajstić information content (AvgIpc) is 3.18. The number of hydrogen-bond acceptors (Lipinski definition) is 3. The van der Waals surface area contributed by atoms with E-state index in [4.69, 9.17) is 9.47 Å². The second-order valence-electron chi connectivity index (χ2n) is 6.97. The second kappa shape index (κ2) is 10.5. The molecule has 0 saturated carbocycles. The summed E-state index contributed by atoms with van der Waals surface area (Å²) in [6, 6.07) is 16.4. The molecule has 5 nitrogen and oxygen atoms in total. The van der Waals surface area contributed by atoms with Crippen LogP contribution in [-0.4, -0.2) is 44.7 Å². The van der Waals surface area contributed by atoms with Crippen molar-refractivity contribution in [2.45, 2.75) is 19.6 Å². The number of guanidine groups is 1. The maximum Gasteiger partial charge on any atom is 0.193 e. The van der Waals surface area contributed by atoms with Crippen LogP contribution in [0, 0.1) is 5.92 Å². The highest BCUT2D eigenvalue weighted by Crippen LogP contribution is 2.25. The summed E-state index contributed by atoms with van der Waals surface area (Å²) in [5.74, 6) is 2.32. The third-order valence-corrected chi connectivity index (χ3v) is 5.55. The van der Waals surface area contributed by atoms with Crippen LogP contribution in [0.15, 0.2) is 58.0 Å². The molecule has 1 aliphatic heterocycles. The minimum atomic E-state index is 0.539. The highest BCUT2D eigenvalue weighted by Gasteiger charge is 2.25. The zero-order valence-electron chi connectivity index (χ0n) is 16.5. The third-order valence-electron chi connectivity index (χ3n) is 4.93. The van der Waals surface area contributed by atoms with E-state index in [1.807, 2.05) is 31.3 Å². The molecule has 0 aromatic heterocycles. The summed E-state index contributed by atoms with van der Waals surface area (Å²) >= 11 is 3.54. The van der Waals surface area contributed by atoms with Gasteiger partial charge in [-0.25, -0.2) is 0 Å². The summed E-state index contributed by atoms with van der Waals surface area (Å²) in [4.78, 5) is 6.77. The molecular weight excluding hydrogens is 418 g/mol. The molecule has 0 spiro atoms. The Bertz CT molecular complexity index is 783. The van der Waals surface area contributed by atoms with E-state index < -0.39 is 0 Å². The maximum atomic E-state index is 5.93. The first-order valence-corrected chi connectivity index (χ1v) is 10.4. The van der Waals surface area contributed by atoms with E-state index in [1.54, 1.807) is 7.11 Å². The van der Waals surface area contributed by atoms with Crippen molar-refractivity contribution in [3.05, 3.63) is 64.1 Å². The van der Waals surface area contributed by atoms with Crippen molar-refractivity contribution in [3.63, 3.8) is 0 Å². The zero-order chi connectivity index (χ0) is 19.8. The number of ether oxygens (including phenoxy) is 2. The number of aliphatic imine (C=N–C) groups is 1. The molecule has 1 atom stereocenters. The molecule has 0 bridgehead atoms. The Morgan fingerprint density at radius 1 is 1.21 bits per heavy atom. The predicted octanol–water partition coefficient (Wildman–Crippen LogP) is 4.07. The van der Waals surface area contributed by atoms with E-state index in [2.05, 4.69) is 55.4 Å². The first-order valence-electron chi connectivity index (χ1n) is 9.59. The Balaban J connectivity index is 1.44. The molecule has 1 saturated heterocycles. The van der Waals surface area contributed by atoms with Crippen molar-refractivity contribution in [2.75, 3.05) is 33.9 Å². The lowest BCUT2D eigenvalue weighted by Crippen LogP contribution is -2.39. The highest BCUT2D eigenvalue weighted by molar-refractivity contribution is 9.10. The Morgan fingerprint density at radius 2 is 2.04 bits per heavy atom. The van der Waals surface area contributed by atoms with Crippen molar-refractivity contribution < 1.29 is 9.47 Å². The van der Waals surface area contributed by atoms with Crippen LogP contribution in [0.5, 0.6) is 5.75 Å². The third kappa shape index (κ3) is 5.72. The SMILES string of the molecule is CN=C(NCc1ccc(OC)c(Br)c1)N1CCC(COCc2ccccc2)C1. The van der Waals surface area contributed by atoms with Gasteiger partial charge in [0.15, 0.2) is 5.96 Å². The minimum Gasteiger partial charge on any atom is -0.496 e. The number of methoxy groups -OCH3 is 1. The van der Waals surface area contributed by atoms with Crippen LogP contribution in [0.1, 0.15) is 17.5 Å². The summed E-state index contributed by atoms with van der Waals surface area (Å²) < 4.78 is 12.2. The van der Waals surface area contributed by atoms with Crippen molar-refractivity contribution in [1.82, 2.24) is 10.2 Å². The van der Waals surface area contributed by atoms with Crippen molar-refractivity contribution >= 4 is 21.9 Å². The number of rotatable bonds is 7. The molecular formula is C22H28BrN3O2. The smallest absolute Gasteiger partial charge is 0.193 e. The molecule has 1 unspecified atom stereocenters. The fraction of sp³-hybridized carbons (Fsp3) is 0.409. The maximum absolute atomic E-state index is 5.93. The molecule has 1 fully saturated rings. The van der Waals surface area contributed by atoms with E-state index in [0.29, 0.717) is 12.5 Å².